The summed E-state index contributed by atoms with van der Waals surface area (Å²) in [5.41, 5.74) is 6.16. The number of rotatable bonds is 18. The molecule has 328 valence electrons. The van der Waals surface area contributed by atoms with Crippen molar-refractivity contribution in [2.75, 3.05) is 57.2 Å². The summed E-state index contributed by atoms with van der Waals surface area (Å²) in [6.07, 6.45) is 10.8. The van der Waals surface area contributed by atoms with Crippen molar-refractivity contribution in [2.24, 2.45) is 0 Å². The molecule has 1 aliphatic carbocycles. The van der Waals surface area contributed by atoms with Gasteiger partial charge in [-0.25, -0.2) is 15.0 Å². The predicted molar refractivity (Wildman–Crippen MR) is 244 cm³/mol. The second-order valence-electron chi connectivity index (χ2n) is 17.5. The molecule has 3 aromatic heterocycles. The van der Waals surface area contributed by atoms with Crippen molar-refractivity contribution in [3.8, 4) is 28.4 Å². The number of nitrogens with one attached hydrogen (secondary N) is 1. The first-order valence-electron chi connectivity index (χ1n) is 22.1. The molecule has 7 rings (SSSR count). The molecule has 1 saturated carbocycles. The van der Waals surface area contributed by atoms with Crippen LogP contribution in [0.5, 0.6) is 5.75 Å². The molecule has 5 aromatic rings. The van der Waals surface area contributed by atoms with Gasteiger partial charge in [-0.15, -0.1) is 0 Å². The number of anilines is 3. The normalized spacial score (nSPS) is 15.8. The van der Waals surface area contributed by atoms with Gasteiger partial charge in [-0.1, -0.05) is 66.5 Å². The molecule has 0 unspecified atom stereocenters. The molecule has 2 aliphatic rings. The van der Waals surface area contributed by atoms with E-state index in [4.69, 9.17) is 28.3 Å². The van der Waals surface area contributed by atoms with Gasteiger partial charge in [0.25, 0.3) is 5.69 Å². The highest BCUT2D eigenvalue weighted by Gasteiger charge is 2.45. The van der Waals surface area contributed by atoms with Gasteiger partial charge in [-0.05, 0) is 60.5 Å². The van der Waals surface area contributed by atoms with Crippen LogP contribution in [0.25, 0.3) is 33.6 Å². The molecular formula is C46H64N8O6Si. The minimum atomic E-state index is -2.04. The topological polar surface area (TPSA) is 146 Å². The molecule has 0 bridgehead atoms. The molecule has 0 radical (unpaired) electrons. The summed E-state index contributed by atoms with van der Waals surface area (Å²) in [7, 11) is 1.21. The van der Waals surface area contributed by atoms with Crippen LogP contribution in [0.2, 0.25) is 16.6 Å². The fraction of sp³-hybridized carbons (Fsp3) is 0.543. The van der Waals surface area contributed by atoms with Crippen LogP contribution in [0.4, 0.5) is 23.0 Å². The molecule has 1 saturated heterocycles. The van der Waals surface area contributed by atoms with Crippen LogP contribution in [0.1, 0.15) is 85.9 Å². The Hall–Kier alpha value is -4.83. The lowest BCUT2D eigenvalue weighted by Crippen LogP contribution is -2.48. The van der Waals surface area contributed by atoms with Crippen LogP contribution in [0.3, 0.4) is 0 Å². The predicted octanol–water partition coefficient (Wildman–Crippen LogP) is 10.6. The number of hydrogen-bond acceptors (Lipinski definition) is 12. The Bertz CT molecular complexity index is 2250. The van der Waals surface area contributed by atoms with Gasteiger partial charge >= 0.3 is 0 Å². The Morgan fingerprint density at radius 3 is 2.41 bits per heavy atom. The maximum atomic E-state index is 12.7. The Labute approximate surface area is 361 Å². The van der Waals surface area contributed by atoms with Crippen LogP contribution < -0.4 is 15.0 Å². The van der Waals surface area contributed by atoms with E-state index in [1.54, 1.807) is 38.8 Å². The average Bonchev–Trinajstić information content (AvgIpc) is 3.98. The number of methoxy groups -OCH3 is 2. The third-order valence-electron chi connectivity index (χ3n) is 13.0. The largest absolute Gasteiger partial charge is 0.494 e. The molecule has 2 fully saturated rings. The summed E-state index contributed by atoms with van der Waals surface area (Å²) >= 11 is 0. The van der Waals surface area contributed by atoms with Crippen molar-refractivity contribution in [1.29, 1.82) is 0 Å². The molecule has 1 aliphatic heterocycles. The summed E-state index contributed by atoms with van der Waals surface area (Å²) < 4.78 is 26.5. The van der Waals surface area contributed by atoms with Crippen LogP contribution in [0.15, 0.2) is 59.3 Å². The number of fused-ring (bicyclic) bond motifs is 1. The maximum absolute atomic E-state index is 12.7. The lowest BCUT2D eigenvalue weighted by Gasteiger charge is -2.42. The van der Waals surface area contributed by atoms with Gasteiger partial charge in [0.15, 0.2) is 8.32 Å². The summed E-state index contributed by atoms with van der Waals surface area (Å²) in [5.74, 6) is 1.57. The van der Waals surface area contributed by atoms with Gasteiger partial charge in [0, 0.05) is 81.6 Å². The molecule has 14 nitrogen and oxygen atoms in total. The summed E-state index contributed by atoms with van der Waals surface area (Å²) in [5, 5.41) is 16.9. The fourth-order valence-electron chi connectivity index (χ4n) is 10.2. The highest BCUT2D eigenvalue weighted by Crippen LogP contribution is 2.43. The smallest absolute Gasteiger partial charge is 0.294 e. The number of nitro groups is 1. The quantitative estimate of drug-likeness (QED) is 0.0387. The van der Waals surface area contributed by atoms with E-state index in [0.717, 1.165) is 66.2 Å². The van der Waals surface area contributed by atoms with Gasteiger partial charge in [-0.3, -0.25) is 15.0 Å². The third-order valence-corrected chi connectivity index (χ3v) is 19.1. The Kier molecular flexibility index (Phi) is 14.1. The van der Waals surface area contributed by atoms with Crippen molar-refractivity contribution in [3.63, 3.8) is 0 Å². The first-order chi connectivity index (χ1) is 29.4. The molecule has 0 spiro atoms. The van der Waals surface area contributed by atoms with Crippen LogP contribution in [0, 0.1) is 10.1 Å². The van der Waals surface area contributed by atoms with Crippen molar-refractivity contribution in [1.82, 2.24) is 24.4 Å². The maximum Gasteiger partial charge on any atom is 0.294 e. The van der Waals surface area contributed by atoms with E-state index in [0.29, 0.717) is 65.1 Å². The Morgan fingerprint density at radius 2 is 1.70 bits per heavy atom. The summed E-state index contributed by atoms with van der Waals surface area (Å²) in [6, 6.07) is 13.8. The lowest BCUT2D eigenvalue weighted by atomic mass is 10.1. The Balaban J connectivity index is 1.21. The highest BCUT2D eigenvalue weighted by molar-refractivity contribution is 6.77. The molecule has 0 atom stereocenters. The van der Waals surface area contributed by atoms with Crippen molar-refractivity contribution >= 4 is 42.3 Å². The molecule has 1 N–H and O–H groups in total. The highest BCUT2D eigenvalue weighted by atomic mass is 28.4. The number of benzene rings is 2. The summed E-state index contributed by atoms with van der Waals surface area (Å²) in [6.45, 7) is 18.1. The SMILES string of the molecule is COCn1c(CCCO[Si](C(C)C)(C(C)C)C(C)C)nc(-c2ccc3ccoc3c2)c1-c1ccnc(Nc2cc([N+](=O)[O-])c(N3CCCN(C4CCCC4)CC3)cc2OC)n1. The van der Waals surface area contributed by atoms with Gasteiger partial charge in [0.05, 0.1) is 41.1 Å². The number of nitro benzene ring substituents is 1. The van der Waals surface area contributed by atoms with Gasteiger partial charge in [0.2, 0.25) is 5.95 Å². The second-order valence-corrected chi connectivity index (χ2v) is 23.0. The number of nitrogens with zero attached hydrogens (tertiary/aromatic N) is 7. The zero-order valence-corrected chi connectivity index (χ0v) is 38.3. The lowest BCUT2D eigenvalue weighted by molar-refractivity contribution is -0.384. The fourth-order valence-corrected chi connectivity index (χ4v) is 15.7. The van der Waals surface area contributed by atoms with Crippen LogP contribution in [-0.2, 0) is 22.3 Å². The first-order valence-corrected chi connectivity index (χ1v) is 24.2. The minimum Gasteiger partial charge on any atom is -0.494 e. The van der Waals surface area contributed by atoms with E-state index in [-0.39, 0.29) is 23.3 Å². The second kappa shape index (κ2) is 19.5. The number of ether oxygens (including phenoxy) is 2. The molecule has 4 heterocycles. The first kappa shape index (κ1) is 44.2. The van der Waals surface area contributed by atoms with Crippen molar-refractivity contribution < 1.29 is 23.2 Å². The number of imidazole rings is 1. The van der Waals surface area contributed by atoms with Gasteiger partial charge in [0.1, 0.15) is 29.6 Å². The molecule has 15 heteroatoms. The van der Waals surface area contributed by atoms with Gasteiger partial charge in [-0.2, -0.15) is 0 Å². The van der Waals surface area contributed by atoms with E-state index in [2.05, 4.69) is 66.2 Å². The zero-order valence-electron chi connectivity index (χ0n) is 37.3. The van der Waals surface area contributed by atoms with Crippen molar-refractivity contribution in [3.05, 3.63) is 70.9 Å². The van der Waals surface area contributed by atoms with E-state index in [1.165, 1.54) is 25.7 Å². The van der Waals surface area contributed by atoms with E-state index < -0.39 is 8.32 Å². The number of aromatic nitrogens is 4. The molecular weight excluding hydrogens is 789 g/mol. The molecule has 2 aromatic carbocycles. The molecule has 0 amide bonds. The monoisotopic (exact) mass is 852 g/mol. The standard InChI is InChI=1S/C46H64N8O6Si/c1-31(2)61(32(3)4,33(5)6)60-25-11-15-43-50-44(35-17-16-34-19-26-59-41(34)27-35)45(53(43)30-57-7)37-18-20-47-46(48-37)49-38-28-40(54(55)56)39(29-42(38)58-8)52-22-12-21-51(23-24-52)36-13-9-10-14-36/h16-20,26-29,31-33,36H,9-15,21-25,30H2,1-8H3,(H,47,48,49). The molecule has 61 heavy (non-hydrogen) atoms. The number of furan rings is 1. The number of hydrogen-bond donors (Lipinski definition) is 1. The van der Waals surface area contributed by atoms with E-state index >= 15 is 0 Å². The van der Waals surface area contributed by atoms with E-state index in [9.17, 15) is 10.1 Å². The van der Waals surface area contributed by atoms with Crippen LogP contribution >= 0.6 is 0 Å². The third kappa shape index (κ3) is 9.35. The minimum absolute atomic E-state index is 0.00579. The number of aryl methyl sites for hydroxylation is 1. The average molecular weight is 853 g/mol. The van der Waals surface area contributed by atoms with E-state index in [1.807, 2.05) is 30.3 Å². The van der Waals surface area contributed by atoms with Gasteiger partial charge < -0.3 is 33.1 Å². The zero-order chi connectivity index (χ0) is 43.3. The van der Waals surface area contributed by atoms with Crippen LogP contribution in [-0.4, -0.2) is 90.7 Å². The Morgan fingerprint density at radius 1 is 0.934 bits per heavy atom. The van der Waals surface area contributed by atoms with Crippen molar-refractivity contribution in [2.45, 2.75) is 116 Å². The summed E-state index contributed by atoms with van der Waals surface area (Å²) in [4.78, 5) is 31.9.